The van der Waals surface area contributed by atoms with Crippen molar-refractivity contribution in [2.45, 2.75) is 0 Å². The Labute approximate surface area is 210 Å². The van der Waals surface area contributed by atoms with Gasteiger partial charge in [-0.2, -0.15) is 5.10 Å². The minimum atomic E-state index is -0.982. The summed E-state index contributed by atoms with van der Waals surface area (Å²) in [4.78, 5) is 36.6. The second kappa shape index (κ2) is 11.9. The highest BCUT2D eigenvalue weighted by atomic mass is 35.5. The van der Waals surface area contributed by atoms with Crippen molar-refractivity contribution in [3.05, 3.63) is 81.8 Å². The number of carbonyl (C=O) groups excluding carboxylic acids is 3. The zero-order valence-electron chi connectivity index (χ0n) is 18.5. The number of para-hydroxylation sites is 2. The van der Waals surface area contributed by atoms with Crippen molar-refractivity contribution in [2.75, 3.05) is 19.5 Å². The van der Waals surface area contributed by atoms with Gasteiger partial charge < -0.3 is 19.5 Å². The molecule has 2 amide bonds. The summed E-state index contributed by atoms with van der Waals surface area (Å²) < 4.78 is 15.8. The summed E-state index contributed by atoms with van der Waals surface area (Å²) in [5.41, 5.74) is 3.11. The number of nitrogens with zero attached hydrogens (tertiary/aromatic N) is 1. The number of anilines is 1. The summed E-state index contributed by atoms with van der Waals surface area (Å²) in [6, 6.07) is 15.6. The van der Waals surface area contributed by atoms with E-state index in [2.05, 4.69) is 15.8 Å². The number of carbonyl (C=O) groups is 3. The molecule has 9 nitrogen and oxygen atoms in total. The van der Waals surface area contributed by atoms with Crippen LogP contribution in [0.3, 0.4) is 0 Å². The third-order valence-electron chi connectivity index (χ3n) is 4.48. The molecule has 0 saturated heterocycles. The molecular weight excluding hydrogens is 497 g/mol. The largest absolute Gasteiger partial charge is 0.495 e. The topological polar surface area (TPSA) is 115 Å². The van der Waals surface area contributed by atoms with Crippen LogP contribution in [-0.2, 0) is 9.59 Å². The first-order valence-corrected chi connectivity index (χ1v) is 10.7. The molecule has 0 saturated carbocycles. The number of halogens is 2. The summed E-state index contributed by atoms with van der Waals surface area (Å²) in [5, 5.41) is 6.74. The van der Waals surface area contributed by atoms with Gasteiger partial charge in [0, 0.05) is 5.02 Å². The molecule has 0 bridgehead atoms. The Balaban J connectivity index is 1.63. The maximum Gasteiger partial charge on any atom is 0.345 e. The molecule has 2 N–H and O–H groups in total. The number of hydrazone groups is 1. The van der Waals surface area contributed by atoms with Crippen LogP contribution in [-0.4, -0.2) is 38.2 Å². The van der Waals surface area contributed by atoms with Crippen LogP contribution >= 0.6 is 23.2 Å². The number of amides is 2. The fraction of sp³-hybridized carbons (Fsp3) is 0.0833. The van der Waals surface area contributed by atoms with Gasteiger partial charge in [-0.05, 0) is 54.1 Å². The third-order valence-corrected chi connectivity index (χ3v) is 5.03. The minimum absolute atomic E-state index is 0.137. The Bertz CT molecular complexity index is 1300. The lowest BCUT2D eigenvalue weighted by molar-refractivity contribution is -0.136. The monoisotopic (exact) mass is 515 g/mol. The smallest absolute Gasteiger partial charge is 0.345 e. The Morgan fingerprint density at radius 2 is 1.60 bits per heavy atom. The van der Waals surface area contributed by atoms with E-state index in [1.54, 1.807) is 30.3 Å². The normalized spacial score (nSPS) is 10.5. The van der Waals surface area contributed by atoms with Crippen molar-refractivity contribution >= 4 is 52.9 Å². The van der Waals surface area contributed by atoms with Crippen molar-refractivity contribution in [3.63, 3.8) is 0 Å². The van der Waals surface area contributed by atoms with E-state index >= 15 is 0 Å². The highest BCUT2D eigenvalue weighted by Crippen LogP contribution is 2.30. The number of methoxy groups -OCH3 is 2. The van der Waals surface area contributed by atoms with Crippen molar-refractivity contribution in [1.82, 2.24) is 5.43 Å². The van der Waals surface area contributed by atoms with Crippen LogP contribution < -0.4 is 25.0 Å². The Hall–Kier alpha value is -4.08. The van der Waals surface area contributed by atoms with Gasteiger partial charge in [0.25, 0.3) is 0 Å². The second-order valence-corrected chi connectivity index (χ2v) is 7.62. The van der Waals surface area contributed by atoms with E-state index in [9.17, 15) is 14.4 Å². The summed E-state index contributed by atoms with van der Waals surface area (Å²) in [6.07, 6.45) is 1.29. The molecule has 0 fully saturated rings. The molecule has 0 heterocycles. The SMILES string of the molecule is COc1ccccc1NC(=O)C(=O)NN=Cc1ccc(OC(=O)c2ccc(Cl)cc2Cl)c(OC)c1. The Kier molecular flexibility index (Phi) is 8.66. The van der Waals surface area contributed by atoms with Crippen LogP contribution in [0.2, 0.25) is 10.0 Å². The lowest BCUT2D eigenvalue weighted by atomic mass is 10.2. The molecule has 0 atom stereocenters. The minimum Gasteiger partial charge on any atom is -0.495 e. The maximum absolute atomic E-state index is 12.5. The lowest BCUT2D eigenvalue weighted by Crippen LogP contribution is -2.32. The van der Waals surface area contributed by atoms with Crippen LogP contribution in [0.25, 0.3) is 0 Å². The molecule has 0 spiro atoms. The fourth-order valence-corrected chi connectivity index (χ4v) is 3.29. The second-order valence-electron chi connectivity index (χ2n) is 6.78. The molecule has 0 aliphatic rings. The fourth-order valence-electron chi connectivity index (χ4n) is 2.80. The molecule has 35 heavy (non-hydrogen) atoms. The molecular formula is C24H19Cl2N3O6. The standard InChI is InChI=1S/C24H19Cl2N3O6/c1-33-19-6-4-3-5-18(19)28-22(30)23(31)29-27-13-14-7-10-20(21(11-14)34-2)35-24(32)16-9-8-15(25)12-17(16)26/h3-13H,1-2H3,(H,28,30)(H,29,31). The lowest BCUT2D eigenvalue weighted by Gasteiger charge is -2.11. The van der Waals surface area contributed by atoms with Crippen LogP contribution in [0.5, 0.6) is 17.2 Å². The van der Waals surface area contributed by atoms with Crippen molar-refractivity contribution in [3.8, 4) is 17.2 Å². The van der Waals surface area contributed by atoms with Crippen LogP contribution in [0, 0.1) is 0 Å². The first kappa shape index (κ1) is 25.5. The van der Waals surface area contributed by atoms with Gasteiger partial charge in [-0.3, -0.25) is 9.59 Å². The van der Waals surface area contributed by atoms with Gasteiger partial charge >= 0.3 is 17.8 Å². The molecule has 3 aromatic rings. The number of esters is 1. The number of nitrogens with one attached hydrogen (secondary N) is 2. The van der Waals surface area contributed by atoms with Crippen molar-refractivity contribution in [2.24, 2.45) is 5.10 Å². The van der Waals surface area contributed by atoms with Gasteiger partial charge in [0.15, 0.2) is 11.5 Å². The van der Waals surface area contributed by atoms with Gasteiger partial charge in [-0.15, -0.1) is 0 Å². The summed E-state index contributed by atoms with van der Waals surface area (Å²) in [6.45, 7) is 0. The molecule has 0 aromatic heterocycles. The zero-order valence-corrected chi connectivity index (χ0v) is 20.0. The van der Waals surface area contributed by atoms with Crippen LogP contribution in [0.4, 0.5) is 5.69 Å². The van der Waals surface area contributed by atoms with Gasteiger partial charge in [0.2, 0.25) is 0 Å². The summed E-state index contributed by atoms with van der Waals surface area (Å²) in [7, 11) is 2.84. The van der Waals surface area contributed by atoms with Gasteiger partial charge in [0.05, 0.1) is 36.7 Å². The molecule has 3 rings (SSSR count). The Morgan fingerprint density at radius 3 is 2.31 bits per heavy atom. The van der Waals surface area contributed by atoms with Crippen LogP contribution in [0.1, 0.15) is 15.9 Å². The number of rotatable bonds is 7. The Morgan fingerprint density at radius 1 is 0.857 bits per heavy atom. The quantitative estimate of drug-likeness (QED) is 0.159. The predicted octanol–water partition coefficient (Wildman–Crippen LogP) is 4.32. The van der Waals surface area contributed by atoms with Crippen molar-refractivity contribution in [1.29, 1.82) is 0 Å². The number of hydrogen-bond donors (Lipinski definition) is 2. The van der Waals surface area contributed by atoms with E-state index in [1.807, 2.05) is 0 Å². The number of benzene rings is 3. The van der Waals surface area contributed by atoms with E-state index < -0.39 is 17.8 Å². The molecule has 11 heteroatoms. The first-order valence-electron chi connectivity index (χ1n) is 9.95. The molecule has 0 radical (unpaired) electrons. The first-order chi connectivity index (χ1) is 16.8. The molecule has 180 valence electrons. The number of hydrogen-bond acceptors (Lipinski definition) is 7. The molecule has 3 aromatic carbocycles. The third kappa shape index (κ3) is 6.72. The van der Waals surface area contributed by atoms with Gasteiger partial charge in [-0.25, -0.2) is 10.2 Å². The van der Waals surface area contributed by atoms with Gasteiger partial charge in [-0.1, -0.05) is 35.3 Å². The maximum atomic E-state index is 12.5. The molecule has 0 aliphatic heterocycles. The van der Waals surface area contributed by atoms with E-state index in [1.165, 1.54) is 50.8 Å². The highest BCUT2D eigenvalue weighted by Gasteiger charge is 2.17. The predicted molar refractivity (Wildman–Crippen MR) is 132 cm³/mol. The van der Waals surface area contributed by atoms with Crippen LogP contribution in [0.15, 0.2) is 65.8 Å². The molecule has 0 unspecified atom stereocenters. The average molecular weight is 516 g/mol. The van der Waals surface area contributed by atoms with E-state index in [-0.39, 0.29) is 22.1 Å². The number of ether oxygens (including phenoxy) is 3. The van der Waals surface area contributed by atoms with Gasteiger partial charge in [0.1, 0.15) is 5.75 Å². The van der Waals surface area contributed by atoms with E-state index in [4.69, 9.17) is 37.4 Å². The average Bonchev–Trinajstić information content (AvgIpc) is 2.84. The zero-order chi connectivity index (χ0) is 25.4. The van der Waals surface area contributed by atoms with E-state index in [0.29, 0.717) is 22.0 Å². The van der Waals surface area contributed by atoms with E-state index in [0.717, 1.165) is 0 Å². The van der Waals surface area contributed by atoms with Crippen molar-refractivity contribution < 1.29 is 28.6 Å². The highest BCUT2D eigenvalue weighted by molar-refractivity contribution is 6.39. The summed E-state index contributed by atoms with van der Waals surface area (Å²) >= 11 is 11.9. The summed E-state index contributed by atoms with van der Waals surface area (Å²) in [5.74, 6) is -1.83. The molecule has 0 aliphatic carbocycles.